The van der Waals surface area contributed by atoms with Crippen molar-refractivity contribution in [2.75, 3.05) is 25.1 Å². The van der Waals surface area contributed by atoms with E-state index >= 15 is 0 Å². The van der Waals surface area contributed by atoms with E-state index in [1.807, 2.05) is 24.3 Å². The Morgan fingerprint density at radius 1 is 1.19 bits per heavy atom. The minimum absolute atomic E-state index is 0.00842. The van der Waals surface area contributed by atoms with Crippen LogP contribution in [0.1, 0.15) is 30.1 Å². The molecule has 5 nitrogen and oxygen atoms in total. The second-order valence-corrected chi connectivity index (χ2v) is 6.60. The van der Waals surface area contributed by atoms with Crippen LogP contribution in [0, 0.1) is 12.8 Å². The van der Waals surface area contributed by atoms with E-state index in [1.54, 1.807) is 0 Å². The molecule has 1 amide bonds. The van der Waals surface area contributed by atoms with Crippen LogP contribution in [0.3, 0.4) is 0 Å². The van der Waals surface area contributed by atoms with Gasteiger partial charge < -0.3 is 20.5 Å². The molecular weight excluding hydrogens is 328 g/mol. The third-order valence-corrected chi connectivity index (χ3v) is 4.57. The molecule has 2 aromatic rings. The lowest BCUT2D eigenvalue weighted by Crippen LogP contribution is -2.33. The van der Waals surface area contributed by atoms with Gasteiger partial charge >= 0.3 is 0 Å². The number of carbonyl (C=O) groups excluding carboxylic acids is 1. The third kappa shape index (κ3) is 4.62. The predicted molar refractivity (Wildman–Crippen MR) is 102 cm³/mol. The van der Waals surface area contributed by atoms with Crippen LogP contribution >= 0.6 is 0 Å². The number of amides is 1. The van der Waals surface area contributed by atoms with Crippen molar-refractivity contribution >= 4 is 11.6 Å². The van der Waals surface area contributed by atoms with Gasteiger partial charge in [-0.3, -0.25) is 4.79 Å². The Bertz CT molecular complexity index is 713. The standard InChI is InChI=1S/C21H26N2O3/c1-15-4-6-16(7-5-15)20-19(3-2-13-26-20)21(24)23-17-8-10-18(11-9-17)25-14-12-22/h4-11,19-20H,2-3,12-14,22H2,1H3,(H,23,24). The zero-order valence-electron chi connectivity index (χ0n) is 15.1. The molecule has 2 aromatic carbocycles. The summed E-state index contributed by atoms with van der Waals surface area (Å²) in [6, 6.07) is 15.6. The maximum atomic E-state index is 12.8. The monoisotopic (exact) mass is 354 g/mol. The number of nitrogens with one attached hydrogen (secondary N) is 1. The van der Waals surface area contributed by atoms with Crippen molar-refractivity contribution in [1.82, 2.24) is 0 Å². The SMILES string of the molecule is Cc1ccc(C2OCCCC2C(=O)Nc2ccc(OCCN)cc2)cc1. The number of benzene rings is 2. The number of carbonyl (C=O) groups is 1. The summed E-state index contributed by atoms with van der Waals surface area (Å²) in [7, 11) is 0. The zero-order chi connectivity index (χ0) is 18.4. The molecule has 0 bridgehead atoms. The lowest BCUT2D eigenvalue weighted by molar-refractivity contribution is -0.129. The van der Waals surface area contributed by atoms with Gasteiger partial charge in [-0.15, -0.1) is 0 Å². The minimum Gasteiger partial charge on any atom is -0.492 e. The number of nitrogens with two attached hydrogens (primary N) is 1. The Kier molecular flexibility index (Phi) is 6.26. The smallest absolute Gasteiger partial charge is 0.230 e. The summed E-state index contributed by atoms with van der Waals surface area (Å²) in [6.07, 6.45) is 1.52. The molecule has 26 heavy (non-hydrogen) atoms. The maximum absolute atomic E-state index is 12.8. The van der Waals surface area contributed by atoms with Crippen molar-refractivity contribution < 1.29 is 14.3 Å². The Labute approximate surface area is 154 Å². The highest BCUT2D eigenvalue weighted by atomic mass is 16.5. The second-order valence-electron chi connectivity index (χ2n) is 6.60. The molecule has 2 unspecified atom stereocenters. The van der Waals surface area contributed by atoms with E-state index in [1.165, 1.54) is 5.56 Å². The number of anilines is 1. The molecule has 138 valence electrons. The van der Waals surface area contributed by atoms with E-state index in [2.05, 4.69) is 36.5 Å². The van der Waals surface area contributed by atoms with Crippen molar-refractivity contribution in [1.29, 1.82) is 0 Å². The lowest BCUT2D eigenvalue weighted by Gasteiger charge is -2.31. The number of hydrogen-bond acceptors (Lipinski definition) is 4. The van der Waals surface area contributed by atoms with Gasteiger partial charge in [0.15, 0.2) is 0 Å². The lowest BCUT2D eigenvalue weighted by atomic mass is 9.88. The van der Waals surface area contributed by atoms with Crippen molar-refractivity contribution in [3.63, 3.8) is 0 Å². The summed E-state index contributed by atoms with van der Waals surface area (Å²) in [5.74, 6) is 0.539. The zero-order valence-corrected chi connectivity index (χ0v) is 15.1. The molecule has 0 spiro atoms. The summed E-state index contributed by atoms with van der Waals surface area (Å²) in [5.41, 5.74) is 8.44. The van der Waals surface area contributed by atoms with Crippen LogP contribution in [0.25, 0.3) is 0 Å². The summed E-state index contributed by atoms with van der Waals surface area (Å²) < 4.78 is 11.4. The van der Waals surface area contributed by atoms with E-state index in [9.17, 15) is 4.79 Å². The predicted octanol–water partition coefficient (Wildman–Crippen LogP) is 3.44. The van der Waals surface area contributed by atoms with Crippen molar-refractivity contribution in [2.24, 2.45) is 11.7 Å². The van der Waals surface area contributed by atoms with Crippen LogP contribution in [-0.2, 0) is 9.53 Å². The van der Waals surface area contributed by atoms with Crippen LogP contribution in [0.4, 0.5) is 5.69 Å². The number of rotatable bonds is 6. The van der Waals surface area contributed by atoms with Gasteiger partial charge in [0.05, 0.1) is 12.0 Å². The highest BCUT2D eigenvalue weighted by Gasteiger charge is 2.33. The van der Waals surface area contributed by atoms with Gasteiger partial charge in [-0.25, -0.2) is 0 Å². The van der Waals surface area contributed by atoms with Gasteiger partial charge in [0.25, 0.3) is 0 Å². The average Bonchev–Trinajstić information content (AvgIpc) is 2.68. The molecule has 1 aliphatic heterocycles. The molecule has 1 heterocycles. The van der Waals surface area contributed by atoms with Crippen molar-refractivity contribution in [2.45, 2.75) is 25.9 Å². The summed E-state index contributed by atoms with van der Waals surface area (Å²) in [6.45, 7) is 3.69. The van der Waals surface area contributed by atoms with Gasteiger partial charge in [-0.05, 0) is 49.6 Å². The van der Waals surface area contributed by atoms with Crippen LogP contribution < -0.4 is 15.8 Å². The highest BCUT2D eigenvalue weighted by molar-refractivity contribution is 5.93. The maximum Gasteiger partial charge on any atom is 0.230 e. The van der Waals surface area contributed by atoms with Crippen LogP contribution in [0.2, 0.25) is 0 Å². The molecule has 0 saturated carbocycles. The normalized spacial score (nSPS) is 19.8. The fourth-order valence-electron chi connectivity index (χ4n) is 3.18. The molecule has 3 N–H and O–H groups in total. The molecule has 0 aliphatic carbocycles. The number of hydrogen-bond donors (Lipinski definition) is 2. The fourth-order valence-corrected chi connectivity index (χ4v) is 3.18. The highest BCUT2D eigenvalue weighted by Crippen LogP contribution is 2.34. The van der Waals surface area contributed by atoms with E-state index in [0.717, 1.165) is 29.8 Å². The van der Waals surface area contributed by atoms with Crippen LogP contribution in [-0.4, -0.2) is 25.7 Å². The quantitative estimate of drug-likeness (QED) is 0.833. The fraction of sp³-hybridized carbons (Fsp3) is 0.381. The molecule has 5 heteroatoms. The molecule has 1 saturated heterocycles. The van der Waals surface area contributed by atoms with E-state index < -0.39 is 0 Å². The Balaban J connectivity index is 1.67. The van der Waals surface area contributed by atoms with Crippen molar-refractivity contribution in [3.8, 4) is 5.75 Å². The van der Waals surface area contributed by atoms with Gasteiger partial charge in [0.1, 0.15) is 12.4 Å². The summed E-state index contributed by atoms with van der Waals surface area (Å²) >= 11 is 0. The topological polar surface area (TPSA) is 73.6 Å². The van der Waals surface area contributed by atoms with Crippen LogP contribution in [0.15, 0.2) is 48.5 Å². The molecule has 1 aliphatic rings. The van der Waals surface area contributed by atoms with Gasteiger partial charge in [-0.1, -0.05) is 29.8 Å². The first-order chi connectivity index (χ1) is 12.7. The summed E-state index contributed by atoms with van der Waals surface area (Å²) in [4.78, 5) is 12.8. The molecule has 0 aromatic heterocycles. The molecule has 1 fully saturated rings. The van der Waals surface area contributed by atoms with Gasteiger partial charge in [-0.2, -0.15) is 0 Å². The Hall–Kier alpha value is -2.37. The average molecular weight is 354 g/mol. The summed E-state index contributed by atoms with van der Waals surface area (Å²) in [5, 5.41) is 3.01. The van der Waals surface area contributed by atoms with Gasteiger partial charge in [0, 0.05) is 18.8 Å². The van der Waals surface area contributed by atoms with E-state index in [0.29, 0.717) is 19.8 Å². The van der Waals surface area contributed by atoms with Gasteiger partial charge in [0.2, 0.25) is 5.91 Å². The first-order valence-electron chi connectivity index (χ1n) is 9.09. The first kappa shape index (κ1) is 18.4. The first-order valence-corrected chi connectivity index (χ1v) is 9.09. The molecule has 0 radical (unpaired) electrons. The van der Waals surface area contributed by atoms with Crippen molar-refractivity contribution in [3.05, 3.63) is 59.7 Å². The third-order valence-electron chi connectivity index (χ3n) is 4.57. The Morgan fingerprint density at radius 3 is 2.62 bits per heavy atom. The van der Waals surface area contributed by atoms with E-state index in [-0.39, 0.29) is 17.9 Å². The Morgan fingerprint density at radius 2 is 1.92 bits per heavy atom. The molecular formula is C21H26N2O3. The molecule has 3 rings (SSSR count). The number of ether oxygens (including phenoxy) is 2. The van der Waals surface area contributed by atoms with Crippen LogP contribution in [0.5, 0.6) is 5.75 Å². The largest absolute Gasteiger partial charge is 0.492 e. The number of aryl methyl sites for hydroxylation is 1. The second kappa shape index (κ2) is 8.83. The minimum atomic E-state index is -0.198. The molecule has 2 atom stereocenters. The van der Waals surface area contributed by atoms with E-state index in [4.69, 9.17) is 15.2 Å².